The first-order chi connectivity index (χ1) is 9.08. The van der Waals surface area contributed by atoms with E-state index in [1.165, 1.54) is 36.3 Å². The van der Waals surface area contributed by atoms with Crippen LogP contribution in [0.3, 0.4) is 0 Å². The Morgan fingerprint density at radius 2 is 1.84 bits per heavy atom. The zero-order chi connectivity index (χ0) is 13.7. The summed E-state index contributed by atoms with van der Waals surface area (Å²) in [5.74, 6) is 2.65. The Balaban J connectivity index is 1.88. The fraction of sp³-hybridized carbons (Fsp3) is 0.647. The first-order valence-corrected chi connectivity index (χ1v) is 8.63. The molecule has 1 atom stereocenters. The van der Waals surface area contributed by atoms with E-state index in [-0.39, 0.29) is 5.41 Å². The number of rotatable bonds is 5. The molecular weight excluding hydrogens is 250 g/mol. The minimum Gasteiger partial charge on any atom is -0.311 e. The molecule has 2 rings (SSSR count). The monoisotopic (exact) mass is 277 g/mol. The summed E-state index contributed by atoms with van der Waals surface area (Å²) >= 11 is 2.10. The normalized spacial score (nSPS) is 19.3. The first kappa shape index (κ1) is 14.9. The summed E-state index contributed by atoms with van der Waals surface area (Å²) in [6.07, 6.45) is 3.86. The van der Waals surface area contributed by atoms with Gasteiger partial charge in [0.2, 0.25) is 0 Å². The maximum atomic E-state index is 3.83. The van der Waals surface area contributed by atoms with Gasteiger partial charge in [0.25, 0.3) is 0 Å². The zero-order valence-corrected chi connectivity index (χ0v) is 13.3. The van der Waals surface area contributed by atoms with E-state index in [9.17, 15) is 0 Å². The molecule has 1 aliphatic heterocycles. The average Bonchev–Trinajstić information content (AvgIpc) is 2.40. The molecular formula is C17H27NS. The van der Waals surface area contributed by atoms with Gasteiger partial charge in [-0.05, 0) is 48.7 Å². The summed E-state index contributed by atoms with van der Waals surface area (Å²) in [4.78, 5) is 0. The predicted molar refractivity (Wildman–Crippen MR) is 87.0 cm³/mol. The van der Waals surface area contributed by atoms with Crippen LogP contribution in [-0.4, -0.2) is 23.6 Å². The third-order valence-corrected chi connectivity index (χ3v) is 5.16. The van der Waals surface area contributed by atoms with Crippen molar-refractivity contribution in [2.24, 2.45) is 0 Å². The van der Waals surface area contributed by atoms with E-state index in [4.69, 9.17) is 0 Å². The van der Waals surface area contributed by atoms with Crippen molar-refractivity contribution < 1.29 is 0 Å². The van der Waals surface area contributed by atoms with Crippen LogP contribution in [0.5, 0.6) is 0 Å². The number of benzene rings is 1. The molecule has 0 amide bonds. The molecule has 0 bridgehead atoms. The maximum Gasteiger partial charge on any atom is 0.00852 e. The van der Waals surface area contributed by atoms with Crippen molar-refractivity contribution >= 4 is 11.8 Å². The molecule has 1 unspecified atom stereocenters. The van der Waals surface area contributed by atoms with Gasteiger partial charge in [-0.1, -0.05) is 44.2 Å². The van der Waals surface area contributed by atoms with Crippen molar-refractivity contribution in [3.63, 3.8) is 0 Å². The largest absolute Gasteiger partial charge is 0.311 e. The highest BCUT2D eigenvalue weighted by molar-refractivity contribution is 7.99. The predicted octanol–water partition coefficient (Wildman–Crippen LogP) is 4.23. The minimum atomic E-state index is 0.247. The quantitative estimate of drug-likeness (QED) is 0.864. The molecule has 106 valence electrons. The summed E-state index contributed by atoms with van der Waals surface area (Å²) in [6.45, 7) is 7.06. The van der Waals surface area contributed by atoms with Crippen molar-refractivity contribution in [1.29, 1.82) is 0 Å². The van der Waals surface area contributed by atoms with Gasteiger partial charge in [0, 0.05) is 12.1 Å². The Labute approximate surface area is 122 Å². The van der Waals surface area contributed by atoms with Crippen molar-refractivity contribution in [2.75, 3.05) is 11.5 Å². The average molecular weight is 277 g/mol. The fourth-order valence-electron chi connectivity index (χ4n) is 3.10. The maximum absolute atomic E-state index is 3.83. The molecule has 1 N–H and O–H groups in total. The van der Waals surface area contributed by atoms with Gasteiger partial charge < -0.3 is 5.32 Å². The highest BCUT2D eigenvalue weighted by atomic mass is 32.2. The second kappa shape index (κ2) is 6.81. The molecule has 0 aliphatic carbocycles. The van der Waals surface area contributed by atoms with Crippen LogP contribution in [0, 0.1) is 0 Å². The number of hydrogen-bond acceptors (Lipinski definition) is 2. The molecule has 0 saturated carbocycles. The van der Waals surface area contributed by atoms with Gasteiger partial charge in [-0.25, -0.2) is 0 Å². The number of thioether (sulfide) groups is 1. The zero-order valence-electron chi connectivity index (χ0n) is 12.5. The molecule has 0 spiro atoms. The van der Waals surface area contributed by atoms with Crippen LogP contribution in [0.2, 0.25) is 0 Å². The summed E-state index contributed by atoms with van der Waals surface area (Å²) in [7, 11) is 0. The Kier molecular flexibility index (Phi) is 5.35. The Hall–Kier alpha value is -0.470. The fourth-order valence-corrected chi connectivity index (χ4v) is 4.20. The first-order valence-electron chi connectivity index (χ1n) is 7.47. The topological polar surface area (TPSA) is 12.0 Å². The van der Waals surface area contributed by atoms with Crippen molar-refractivity contribution in [1.82, 2.24) is 5.32 Å². The van der Waals surface area contributed by atoms with Gasteiger partial charge in [-0.2, -0.15) is 11.8 Å². The van der Waals surface area contributed by atoms with Crippen LogP contribution >= 0.6 is 11.8 Å². The summed E-state index contributed by atoms with van der Waals surface area (Å²) in [6, 6.07) is 12.2. The van der Waals surface area contributed by atoms with E-state index in [1.54, 1.807) is 0 Å². The molecule has 1 saturated heterocycles. The Bertz CT molecular complexity index is 368. The van der Waals surface area contributed by atoms with Crippen LogP contribution in [-0.2, 0) is 5.41 Å². The third-order valence-electron chi connectivity index (χ3n) is 4.11. The lowest BCUT2D eigenvalue weighted by molar-refractivity contribution is 0.346. The summed E-state index contributed by atoms with van der Waals surface area (Å²) < 4.78 is 0. The van der Waals surface area contributed by atoms with Gasteiger partial charge in [-0.3, -0.25) is 0 Å². The lowest BCUT2D eigenvalue weighted by atomic mass is 9.79. The minimum absolute atomic E-state index is 0.247. The lowest BCUT2D eigenvalue weighted by Crippen LogP contribution is -2.41. The summed E-state index contributed by atoms with van der Waals surface area (Å²) in [5.41, 5.74) is 1.69. The molecule has 0 radical (unpaired) electrons. The summed E-state index contributed by atoms with van der Waals surface area (Å²) in [5, 5.41) is 3.83. The van der Waals surface area contributed by atoms with E-state index in [0.29, 0.717) is 6.04 Å². The highest BCUT2D eigenvalue weighted by Gasteiger charge is 2.24. The molecule has 1 aromatic carbocycles. The van der Waals surface area contributed by atoms with E-state index in [2.05, 4.69) is 68.2 Å². The standard InChI is InChI=1S/C17H27NS/c1-14(18-16-9-11-19-12-10-16)13-17(2,3)15-7-5-4-6-8-15/h4-8,14,16,18H,9-13H2,1-3H3. The van der Waals surface area contributed by atoms with Crippen LogP contribution in [0.15, 0.2) is 30.3 Å². The van der Waals surface area contributed by atoms with Crippen LogP contribution in [0.1, 0.15) is 45.6 Å². The molecule has 0 aromatic heterocycles. The van der Waals surface area contributed by atoms with Gasteiger partial charge in [0.1, 0.15) is 0 Å². The van der Waals surface area contributed by atoms with Crippen LogP contribution in [0.4, 0.5) is 0 Å². The molecule has 1 aromatic rings. The van der Waals surface area contributed by atoms with Crippen molar-refractivity contribution in [3.05, 3.63) is 35.9 Å². The van der Waals surface area contributed by atoms with E-state index >= 15 is 0 Å². The lowest BCUT2D eigenvalue weighted by Gasteiger charge is -2.32. The smallest absolute Gasteiger partial charge is 0.00852 e. The van der Waals surface area contributed by atoms with Crippen LogP contribution in [0.25, 0.3) is 0 Å². The second-order valence-corrected chi connectivity index (χ2v) is 7.63. The molecule has 1 aliphatic rings. The van der Waals surface area contributed by atoms with Crippen LogP contribution < -0.4 is 5.32 Å². The van der Waals surface area contributed by atoms with Gasteiger partial charge >= 0.3 is 0 Å². The molecule has 1 heterocycles. The second-order valence-electron chi connectivity index (χ2n) is 6.41. The van der Waals surface area contributed by atoms with E-state index in [0.717, 1.165) is 6.04 Å². The molecule has 1 fully saturated rings. The van der Waals surface area contributed by atoms with Gasteiger partial charge in [0.15, 0.2) is 0 Å². The Morgan fingerprint density at radius 1 is 1.21 bits per heavy atom. The number of nitrogens with one attached hydrogen (secondary N) is 1. The Morgan fingerprint density at radius 3 is 2.47 bits per heavy atom. The van der Waals surface area contributed by atoms with Crippen molar-refractivity contribution in [3.8, 4) is 0 Å². The number of hydrogen-bond donors (Lipinski definition) is 1. The van der Waals surface area contributed by atoms with Crippen molar-refractivity contribution in [2.45, 2.75) is 57.5 Å². The highest BCUT2D eigenvalue weighted by Crippen LogP contribution is 2.28. The molecule has 1 nitrogen and oxygen atoms in total. The molecule has 19 heavy (non-hydrogen) atoms. The third kappa shape index (κ3) is 4.54. The van der Waals surface area contributed by atoms with Gasteiger partial charge in [0.05, 0.1) is 0 Å². The van der Waals surface area contributed by atoms with E-state index < -0.39 is 0 Å². The SMILES string of the molecule is CC(CC(C)(C)c1ccccc1)NC1CCSCC1. The van der Waals surface area contributed by atoms with Gasteiger partial charge in [-0.15, -0.1) is 0 Å². The molecule has 2 heteroatoms. The van der Waals surface area contributed by atoms with E-state index in [1.807, 2.05) is 0 Å².